The van der Waals surface area contributed by atoms with Crippen molar-refractivity contribution in [3.63, 3.8) is 0 Å². The summed E-state index contributed by atoms with van der Waals surface area (Å²) in [5, 5.41) is 2.88. The molecule has 27 heavy (non-hydrogen) atoms. The standard InChI is InChI=1S/C20H26N2O4S/c1-14-7-9-17(27(24,25)22-11-5-4-6-12-22)13-18(14)20(23)21-16(3)19-10-8-15(2)26-19/h7-10,13,16H,4-6,11-12H2,1-3H3,(H,21,23). The lowest BCUT2D eigenvalue weighted by Crippen LogP contribution is -2.35. The molecule has 1 atom stereocenters. The smallest absolute Gasteiger partial charge is 0.252 e. The van der Waals surface area contributed by atoms with Crippen LogP contribution in [-0.4, -0.2) is 31.7 Å². The highest BCUT2D eigenvalue weighted by atomic mass is 32.2. The SMILES string of the molecule is Cc1ccc(C(C)NC(=O)c2cc(S(=O)(=O)N3CCCCC3)ccc2C)o1. The monoisotopic (exact) mass is 390 g/mol. The van der Waals surface area contributed by atoms with Crippen LogP contribution < -0.4 is 5.32 Å². The number of carbonyl (C=O) groups is 1. The average Bonchev–Trinajstić information content (AvgIpc) is 3.09. The Hall–Kier alpha value is -2.12. The van der Waals surface area contributed by atoms with Crippen molar-refractivity contribution in [1.82, 2.24) is 9.62 Å². The second-order valence-corrected chi connectivity index (χ2v) is 9.02. The van der Waals surface area contributed by atoms with Gasteiger partial charge in [0, 0.05) is 18.7 Å². The van der Waals surface area contributed by atoms with Crippen molar-refractivity contribution in [1.29, 1.82) is 0 Å². The van der Waals surface area contributed by atoms with E-state index in [9.17, 15) is 13.2 Å². The molecule has 1 saturated heterocycles. The molecule has 1 amide bonds. The van der Waals surface area contributed by atoms with Gasteiger partial charge in [-0.15, -0.1) is 0 Å². The van der Waals surface area contributed by atoms with Gasteiger partial charge in [0.1, 0.15) is 11.5 Å². The average molecular weight is 391 g/mol. The Morgan fingerprint density at radius 3 is 2.44 bits per heavy atom. The Morgan fingerprint density at radius 2 is 1.81 bits per heavy atom. The number of amides is 1. The predicted octanol–water partition coefficient (Wildman–Crippen LogP) is 3.56. The lowest BCUT2D eigenvalue weighted by atomic mass is 10.1. The summed E-state index contributed by atoms with van der Waals surface area (Å²) < 4.78 is 32.9. The van der Waals surface area contributed by atoms with E-state index in [0.29, 0.717) is 24.4 Å². The molecule has 1 N–H and O–H groups in total. The van der Waals surface area contributed by atoms with Crippen LogP contribution in [0.25, 0.3) is 0 Å². The number of carbonyl (C=O) groups excluding carboxylic acids is 1. The van der Waals surface area contributed by atoms with Crippen molar-refractivity contribution in [3.05, 3.63) is 53.0 Å². The summed E-state index contributed by atoms with van der Waals surface area (Å²) in [6.45, 7) is 6.55. The van der Waals surface area contributed by atoms with Crippen LogP contribution in [-0.2, 0) is 10.0 Å². The summed E-state index contributed by atoms with van der Waals surface area (Å²) in [5.74, 6) is 1.12. The highest BCUT2D eigenvalue weighted by molar-refractivity contribution is 7.89. The number of furan rings is 1. The van der Waals surface area contributed by atoms with Crippen LogP contribution in [0.5, 0.6) is 0 Å². The molecule has 0 saturated carbocycles. The van der Waals surface area contributed by atoms with Crippen molar-refractivity contribution in [2.45, 2.75) is 51.0 Å². The van der Waals surface area contributed by atoms with Crippen molar-refractivity contribution < 1.29 is 17.6 Å². The van der Waals surface area contributed by atoms with Crippen LogP contribution in [0, 0.1) is 13.8 Å². The van der Waals surface area contributed by atoms with Crippen LogP contribution in [0.1, 0.15) is 59.7 Å². The lowest BCUT2D eigenvalue weighted by molar-refractivity contribution is 0.0934. The molecule has 1 aliphatic heterocycles. The fraction of sp³-hybridized carbons (Fsp3) is 0.450. The molecular weight excluding hydrogens is 364 g/mol. The molecule has 146 valence electrons. The number of benzene rings is 1. The Bertz CT molecular complexity index is 927. The summed E-state index contributed by atoms with van der Waals surface area (Å²) >= 11 is 0. The molecule has 7 heteroatoms. The Morgan fingerprint density at radius 1 is 1.11 bits per heavy atom. The van der Waals surface area contributed by atoms with E-state index in [-0.39, 0.29) is 16.8 Å². The molecule has 1 fully saturated rings. The van der Waals surface area contributed by atoms with Gasteiger partial charge >= 0.3 is 0 Å². The van der Waals surface area contributed by atoms with E-state index in [2.05, 4.69) is 5.32 Å². The van der Waals surface area contributed by atoms with Gasteiger partial charge in [-0.3, -0.25) is 4.79 Å². The van der Waals surface area contributed by atoms with Gasteiger partial charge in [-0.2, -0.15) is 4.31 Å². The Labute approximate surface area is 160 Å². The third-order valence-corrected chi connectivity index (χ3v) is 6.84. The molecule has 0 aliphatic carbocycles. The second-order valence-electron chi connectivity index (χ2n) is 7.09. The second kappa shape index (κ2) is 7.86. The first-order valence-corrected chi connectivity index (χ1v) is 10.7. The summed E-state index contributed by atoms with van der Waals surface area (Å²) in [6, 6.07) is 8.10. The van der Waals surface area contributed by atoms with Gasteiger partial charge in [0.25, 0.3) is 5.91 Å². The Balaban J connectivity index is 1.83. The number of piperidine rings is 1. The lowest BCUT2D eigenvalue weighted by Gasteiger charge is -2.26. The number of hydrogen-bond donors (Lipinski definition) is 1. The van der Waals surface area contributed by atoms with Crippen molar-refractivity contribution in [2.75, 3.05) is 13.1 Å². The van der Waals surface area contributed by atoms with Crippen molar-refractivity contribution >= 4 is 15.9 Å². The van der Waals surface area contributed by atoms with Gasteiger partial charge in [-0.1, -0.05) is 12.5 Å². The number of nitrogens with one attached hydrogen (secondary N) is 1. The molecule has 2 aromatic rings. The molecule has 0 bridgehead atoms. The summed E-state index contributed by atoms with van der Waals surface area (Å²) in [7, 11) is -3.58. The number of aryl methyl sites for hydroxylation is 2. The minimum Gasteiger partial charge on any atom is -0.464 e. The number of sulfonamides is 1. The zero-order valence-corrected chi connectivity index (χ0v) is 16.8. The normalized spacial score (nSPS) is 16.9. The minimum absolute atomic E-state index is 0.168. The number of nitrogens with zero attached hydrogens (tertiary/aromatic N) is 1. The van der Waals surface area contributed by atoms with Crippen molar-refractivity contribution in [3.8, 4) is 0 Å². The van der Waals surface area contributed by atoms with E-state index in [4.69, 9.17) is 4.42 Å². The molecule has 1 aromatic heterocycles. The first-order valence-electron chi connectivity index (χ1n) is 9.27. The summed E-state index contributed by atoms with van der Waals surface area (Å²) in [4.78, 5) is 12.9. The molecule has 0 radical (unpaired) electrons. The molecule has 2 heterocycles. The quantitative estimate of drug-likeness (QED) is 0.846. The van der Waals surface area contributed by atoms with Gasteiger partial charge in [-0.05, 0) is 63.4 Å². The highest BCUT2D eigenvalue weighted by Gasteiger charge is 2.27. The van der Waals surface area contributed by atoms with E-state index in [1.54, 1.807) is 19.1 Å². The highest BCUT2D eigenvalue weighted by Crippen LogP contribution is 2.23. The summed E-state index contributed by atoms with van der Waals surface area (Å²) in [5.41, 5.74) is 1.09. The number of rotatable bonds is 5. The van der Waals surface area contributed by atoms with E-state index in [1.165, 1.54) is 10.4 Å². The maximum Gasteiger partial charge on any atom is 0.252 e. The van der Waals surface area contributed by atoms with E-state index in [1.807, 2.05) is 26.0 Å². The zero-order chi connectivity index (χ0) is 19.6. The van der Waals surface area contributed by atoms with Gasteiger partial charge in [0.2, 0.25) is 10.0 Å². The molecule has 0 spiro atoms. The first kappa shape index (κ1) is 19.6. The van der Waals surface area contributed by atoms with Crippen LogP contribution >= 0.6 is 0 Å². The van der Waals surface area contributed by atoms with E-state index < -0.39 is 10.0 Å². The van der Waals surface area contributed by atoms with Gasteiger partial charge < -0.3 is 9.73 Å². The van der Waals surface area contributed by atoms with Gasteiger partial charge in [-0.25, -0.2) is 8.42 Å². The molecule has 1 unspecified atom stereocenters. The fourth-order valence-electron chi connectivity index (χ4n) is 3.29. The maximum absolute atomic E-state index is 12.9. The largest absolute Gasteiger partial charge is 0.464 e. The molecular formula is C20H26N2O4S. The maximum atomic E-state index is 12.9. The van der Waals surface area contributed by atoms with Crippen LogP contribution in [0.15, 0.2) is 39.6 Å². The zero-order valence-electron chi connectivity index (χ0n) is 16.0. The van der Waals surface area contributed by atoms with E-state index in [0.717, 1.165) is 30.6 Å². The molecule has 3 rings (SSSR count). The fourth-order valence-corrected chi connectivity index (χ4v) is 4.84. The van der Waals surface area contributed by atoms with Gasteiger partial charge in [0.15, 0.2) is 0 Å². The minimum atomic E-state index is -3.58. The van der Waals surface area contributed by atoms with Crippen molar-refractivity contribution in [2.24, 2.45) is 0 Å². The number of hydrogen-bond acceptors (Lipinski definition) is 4. The summed E-state index contributed by atoms with van der Waals surface area (Å²) in [6.07, 6.45) is 2.80. The first-order chi connectivity index (χ1) is 12.8. The van der Waals surface area contributed by atoms with E-state index >= 15 is 0 Å². The molecule has 1 aliphatic rings. The Kier molecular flexibility index (Phi) is 5.72. The van der Waals surface area contributed by atoms with Crippen LogP contribution in [0.3, 0.4) is 0 Å². The van der Waals surface area contributed by atoms with Gasteiger partial charge in [0.05, 0.1) is 10.9 Å². The third kappa shape index (κ3) is 4.25. The molecule has 1 aromatic carbocycles. The topological polar surface area (TPSA) is 79.6 Å². The van der Waals surface area contributed by atoms with Crippen LogP contribution in [0.4, 0.5) is 0 Å². The third-order valence-electron chi connectivity index (χ3n) is 4.94. The molecule has 6 nitrogen and oxygen atoms in total. The van der Waals surface area contributed by atoms with Crippen LogP contribution in [0.2, 0.25) is 0 Å². The predicted molar refractivity (Wildman–Crippen MR) is 103 cm³/mol.